The van der Waals surface area contributed by atoms with Gasteiger partial charge in [0, 0.05) is 40.0 Å². The molecule has 6 rings (SSSR count). The number of carbonyl (C=O) groups excluding carboxylic acids is 1. The third-order valence-electron chi connectivity index (χ3n) is 5.97. The maximum absolute atomic E-state index is 12.6. The lowest BCUT2D eigenvalue weighted by Crippen LogP contribution is -2.22. The van der Waals surface area contributed by atoms with Crippen LogP contribution in [0.3, 0.4) is 0 Å². The summed E-state index contributed by atoms with van der Waals surface area (Å²) in [5, 5.41) is 14.1. The molecule has 0 spiro atoms. The summed E-state index contributed by atoms with van der Waals surface area (Å²) in [6.45, 7) is 0.367. The SMILES string of the molecule is O=C(NCc1ccco1)c1cccc(CSc2nnc(-c3c[nH]c4ccccc34)n2C2CC2)c1. The molecule has 170 valence electrons. The fourth-order valence-electron chi connectivity index (χ4n) is 4.11. The van der Waals surface area contributed by atoms with Crippen LogP contribution in [-0.4, -0.2) is 25.7 Å². The number of aromatic amines is 1. The zero-order chi connectivity index (χ0) is 22.9. The summed E-state index contributed by atoms with van der Waals surface area (Å²) in [5.74, 6) is 2.22. The molecule has 0 saturated heterocycles. The first-order valence-corrected chi connectivity index (χ1v) is 12.3. The van der Waals surface area contributed by atoms with E-state index in [2.05, 4.69) is 37.2 Å². The van der Waals surface area contributed by atoms with Crippen LogP contribution in [0.15, 0.2) is 82.7 Å². The summed E-state index contributed by atoms with van der Waals surface area (Å²) < 4.78 is 7.56. The lowest BCUT2D eigenvalue weighted by Gasteiger charge is -2.09. The zero-order valence-electron chi connectivity index (χ0n) is 18.4. The van der Waals surface area contributed by atoms with Gasteiger partial charge in [-0.3, -0.25) is 9.36 Å². The molecule has 1 fully saturated rings. The predicted octanol–water partition coefficient (Wildman–Crippen LogP) is 5.58. The maximum atomic E-state index is 12.6. The number of hydrogen-bond donors (Lipinski definition) is 2. The molecule has 0 radical (unpaired) electrons. The van der Waals surface area contributed by atoms with Crippen molar-refractivity contribution in [3.8, 4) is 11.4 Å². The van der Waals surface area contributed by atoms with Crippen LogP contribution < -0.4 is 5.32 Å². The quantitative estimate of drug-likeness (QED) is 0.290. The first-order valence-electron chi connectivity index (χ1n) is 11.3. The van der Waals surface area contributed by atoms with E-state index in [1.807, 2.05) is 54.7 Å². The largest absolute Gasteiger partial charge is 0.467 e. The van der Waals surface area contributed by atoms with Crippen LogP contribution in [0, 0.1) is 0 Å². The minimum Gasteiger partial charge on any atom is -0.467 e. The van der Waals surface area contributed by atoms with Gasteiger partial charge in [-0.15, -0.1) is 10.2 Å². The Morgan fingerprint density at radius 3 is 2.88 bits per heavy atom. The second-order valence-electron chi connectivity index (χ2n) is 8.41. The highest BCUT2D eigenvalue weighted by Crippen LogP contribution is 2.42. The van der Waals surface area contributed by atoms with Gasteiger partial charge in [0.1, 0.15) is 5.76 Å². The van der Waals surface area contributed by atoms with Crippen molar-refractivity contribution in [2.75, 3.05) is 0 Å². The minimum absolute atomic E-state index is 0.119. The average molecular weight is 470 g/mol. The maximum Gasteiger partial charge on any atom is 0.251 e. The molecular weight excluding hydrogens is 446 g/mol. The second-order valence-corrected chi connectivity index (χ2v) is 9.35. The van der Waals surface area contributed by atoms with Crippen LogP contribution in [0.2, 0.25) is 0 Å². The second kappa shape index (κ2) is 8.87. The minimum atomic E-state index is -0.119. The first kappa shape index (κ1) is 20.8. The molecule has 0 aliphatic heterocycles. The molecule has 1 aliphatic rings. The summed E-state index contributed by atoms with van der Waals surface area (Å²) in [4.78, 5) is 15.9. The Hall–Kier alpha value is -3.78. The Kier molecular flexibility index (Phi) is 5.43. The number of H-pyrrole nitrogens is 1. The highest BCUT2D eigenvalue weighted by molar-refractivity contribution is 7.98. The van der Waals surface area contributed by atoms with Gasteiger partial charge >= 0.3 is 0 Å². The molecule has 0 bridgehead atoms. The van der Waals surface area contributed by atoms with Gasteiger partial charge in [0.15, 0.2) is 11.0 Å². The van der Waals surface area contributed by atoms with Crippen LogP contribution in [0.5, 0.6) is 0 Å². The summed E-state index contributed by atoms with van der Waals surface area (Å²) in [6, 6.07) is 20.1. The van der Waals surface area contributed by atoms with E-state index in [1.165, 1.54) is 0 Å². The number of fused-ring (bicyclic) bond motifs is 1. The Morgan fingerprint density at radius 1 is 1.12 bits per heavy atom. The van der Waals surface area contributed by atoms with Crippen molar-refractivity contribution >= 4 is 28.6 Å². The molecule has 3 aromatic heterocycles. The van der Waals surface area contributed by atoms with Crippen LogP contribution in [0.4, 0.5) is 0 Å². The smallest absolute Gasteiger partial charge is 0.251 e. The number of benzene rings is 2. The molecule has 2 aromatic carbocycles. The van der Waals surface area contributed by atoms with Gasteiger partial charge < -0.3 is 14.7 Å². The van der Waals surface area contributed by atoms with E-state index in [9.17, 15) is 4.79 Å². The van der Waals surface area contributed by atoms with Gasteiger partial charge in [-0.25, -0.2) is 0 Å². The zero-order valence-corrected chi connectivity index (χ0v) is 19.2. The Morgan fingerprint density at radius 2 is 2.03 bits per heavy atom. The van der Waals surface area contributed by atoms with E-state index in [0.717, 1.165) is 51.6 Å². The average Bonchev–Trinajstić information content (AvgIpc) is 3.25. The van der Waals surface area contributed by atoms with E-state index >= 15 is 0 Å². The third-order valence-corrected chi connectivity index (χ3v) is 6.98. The summed E-state index contributed by atoms with van der Waals surface area (Å²) >= 11 is 1.66. The fraction of sp³-hybridized carbons (Fsp3) is 0.192. The van der Waals surface area contributed by atoms with Gasteiger partial charge in [0.2, 0.25) is 0 Å². The molecule has 3 heterocycles. The van der Waals surface area contributed by atoms with Gasteiger partial charge in [-0.2, -0.15) is 0 Å². The Balaban J connectivity index is 1.19. The van der Waals surface area contributed by atoms with Crippen LogP contribution in [0.1, 0.15) is 40.6 Å². The Bertz CT molecular complexity index is 1450. The summed E-state index contributed by atoms with van der Waals surface area (Å²) in [6.07, 6.45) is 5.91. The topological polar surface area (TPSA) is 88.7 Å². The number of furan rings is 1. The molecule has 0 atom stereocenters. The van der Waals surface area contributed by atoms with Crippen molar-refractivity contribution in [3.63, 3.8) is 0 Å². The van der Waals surface area contributed by atoms with Crippen LogP contribution >= 0.6 is 11.8 Å². The summed E-state index contributed by atoms with van der Waals surface area (Å²) in [5.41, 5.74) is 3.87. The number of aromatic nitrogens is 4. The normalized spacial score (nSPS) is 13.4. The lowest BCUT2D eigenvalue weighted by atomic mass is 10.1. The van der Waals surface area contributed by atoms with Crippen molar-refractivity contribution in [1.29, 1.82) is 0 Å². The number of nitrogens with zero attached hydrogens (tertiary/aromatic N) is 3. The van der Waals surface area contributed by atoms with Crippen molar-refractivity contribution in [1.82, 2.24) is 25.1 Å². The van der Waals surface area contributed by atoms with Crippen LogP contribution in [0.25, 0.3) is 22.3 Å². The van der Waals surface area contributed by atoms with Crippen molar-refractivity contribution in [3.05, 3.63) is 90.0 Å². The van der Waals surface area contributed by atoms with E-state index in [1.54, 1.807) is 18.0 Å². The predicted molar refractivity (Wildman–Crippen MR) is 131 cm³/mol. The Labute approximate surface area is 200 Å². The molecule has 1 amide bonds. The molecule has 5 aromatic rings. The van der Waals surface area contributed by atoms with E-state index in [0.29, 0.717) is 23.9 Å². The number of amides is 1. The van der Waals surface area contributed by atoms with E-state index < -0.39 is 0 Å². The number of hydrogen-bond acceptors (Lipinski definition) is 5. The van der Waals surface area contributed by atoms with Gasteiger partial charge in [-0.05, 0) is 48.7 Å². The molecule has 7 nitrogen and oxygen atoms in total. The highest BCUT2D eigenvalue weighted by atomic mass is 32.2. The number of para-hydroxylation sites is 1. The molecule has 1 aliphatic carbocycles. The van der Waals surface area contributed by atoms with E-state index in [-0.39, 0.29) is 5.91 Å². The number of thioether (sulfide) groups is 1. The van der Waals surface area contributed by atoms with Crippen molar-refractivity contribution < 1.29 is 9.21 Å². The highest BCUT2D eigenvalue weighted by Gasteiger charge is 2.31. The molecule has 8 heteroatoms. The molecule has 0 unspecified atom stereocenters. The van der Waals surface area contributed by atoms with Gasteiger partial charge in [0.25, 0.3) is 5.91 Å². The standard InChI is InChI=1S/C26H23N5O2S/c32-25(28-14-20-7-4-12-33-20)18-6-3-5-17(13-18)16-34-26-30-29-24(31(26)19-10-11-19)22-15-27-23-9-2-1-8-21(22)23/h1-9,12-13,15,19,27H,10-11,14,16H2,(H,28,32). The summed E-state index contributed by atoms with van der Waals surface area (Å²) in [7, 11) is 0. The number of nitrogens with one attached hydrogen (secondary N) is 2. The molecule has 34 heavy (non-hydrogen) atoms. The van der Waals surface area contributed by atoms with Crippen molar-refractivity contribution in [2.24, 2.45) is 0 Å². The van der Waals surface area contributed by atoms with Crippen molar-refractivity contribution in [2.45, 2.75) is 36.3 Å². The molecule has 2 N–H and O–H groups in total. The third kappa shape index (κ3) is 4.12. The number of rotatable bonds is 8. The molecular formula is C26H23N5O2S. The van der Waals surface area contributed by atoms with Gasteiger partial charge in [0.05, 0.1) is 12.8 Å². The lowest BCUT2D eigenvalue weighted by molar-refractivity contribution is 0.0948. The monoisotopic (exact) mass is 469 g/mol. The van der Waals surface area contributed by atoms with Crippen LogP contribution in [-0.2, 0) is 12.3 Å². The van der Waals surface area contributed by atoms with Gasteiger partial charge in [-0.1, -0.05) is 42.1 Å². The fourth-order valence-corrected chi connectivity index (χ4v) is 5.06. The number of carbonyl (C=O) groups is 1. The van der Waals surface area contributed by atoms with E-state index in [4.69, 9.17) is 4.42 Å². The first-order chi connectivity index (χ1) is 16.8. The molecule has 1 saturated carbocycles.